The molecule has 0 fully saturated rings. The summed E-state index contributed by atoms with van der Waals surface area (Å²) in [6.07, 6.45) is 10.2. The highest BCUT2D eigenvalue weighted by Crippen LogP contribution is 1.86. The van der Waals surface area contributed by atoms with Crippen LogP contribution in [0.3, 0.4) is 0 Å². The van der Waals surface area contributed by atoms with Gasteiger partial charge in [-0.25, -0.2) is 9.97 Å². The van der Waals surface area contributed by atoms with Crippen LogP contribution >= 0.6 is 24.4 Å². The number of nitrogens with zero attached hydrogens (tertiary/aromatic N) is 4. The number of hydrogen-bond donors (Lipinski definition) is 2. The van der Waals surface area contributed by atoms with Gasteiger partial charge in [0, 0.05) is 37.9 Å². The summed E-state index contributed by atoms with van der Waals surface area (Å²) in [4.78, 5) is 7.84. The van der Waals surface area contributed by atoms with Crippen LogP contribution in [0.1, 0.15) is 0 Å². The molecule has 2 aromatic heterocycles. The van der Waals surface area contributed by atoms with Gasteiger partial charge in [0.05, 0.1) is 0 Å². The van der Waals surface area contributed by atoms with Crippen LogP contribution in [0.5, 0.6) is 0 Å². The normalized spacial score (nSPS) is 10.0. The van der Waals surface area contributed by atoms with Crippen LogP contribution in [0.4, 0.5) is 0 Å². The van der Waals surface area contributed by atoms with Crippen molar-refractivity contribution in [3.8, 4) is 0 Å². The van der Waals surface area contributed by atoms with Gasteiger partial charge in [0.25, 0.3) is 0 Å². The van der Waals surface area contributed by atoms with E-state index in [-0.39, 0.29) is 0 Å². The second kappa shape index (κ2) is 6.22. The van der Waals surface area contributed by atoms with Crippen LogP contribution in [-0.4, -0.2) is 42.4 Å². The Labute approximate surface area is 115 Å². The Morgan fingerprint density at radius 1 is 0.889 bits per heavy atom. The Hall–Kier alpha value is -1.80. The molecule has 2 aromatic rings. The lowest BCUT2D eigenvalue weighted by Crippen LogP contribution is -2.37. The molecule has 2 N–H and O–H groups in total. The number of thiocarbonyl (C=S) groups is 2. The molecule has 2 heterocycles. The summed E-state index contributed by atoms with van der Waals surface area (Å²) in [5.74, 6) is 0. The van der Waals surface area contributed by atoms with Gasteiger partial charge < -0.3 is 10.6 Å². The molecule has 0 atom stereocenters. The van der Waals surface area contributed by atoms with E-state index in [1.807, 2.05) is 0 Å². The molecule has 0 radical (unpaired) electrons. The van der Waals surface area contributed by atoms with Gasteiger partial charge in [0.1, 0.15) is 12.7 Å². The summed E-state index contributed by atoms with van der Waals surface area (Å²) >= 11 is 10.3. The van der Waals surface area contributed by atoms with Gasteiger partial charge in [-0.15, -0.1) is 0 Å². The lowest BCUT2D eigenvalue weighted by molar-refractivity contribution is 0.793. The maximum atomic E-state index is 5.17. The highest BCUT2D eigenvalue weighted by Gasteiger charge is 1.99. The van der Waals surface area contributed by atoms with Gasteiger partial charge in [-0.3, -0.25) is 9.13 Å². The fraction of sp³-hybridized carbons (Fsp3) is 0.200. The number of nitrogens with one attached hydrogen (secondary N) is 2. The lowest BCUT2D eigenvalue weighted by atomic mass is 10.6. The monoisotopic (exact) mass is 280 g/mol. The van der Waals surface area contributed by atoms with E-state index in [4.69, 9.17) is 24.4 Å². The van der Waals surface area contributed by atoms with E-state index in [2.05, 4.69) is 20.6 Å². The van der Waals surface area contributed by atoms with Gasteiger partial charge in [-0.2, -0.15) is 0 Å². The first kappa shape index (κ1) is 12.7. The zero-order chi connectivity index (χ0) is 12.8. The van der Waals surface area contributed by atoms with Crippen molar-refractivity contribution in [2.45, 2.75) is 0 Å². The molecule has 0 aliphatic carbocycles. The molecule has 0 spiro atoms. The summed E-state index contributed by atoms with van der Waals surface area (Å²) in [6, 6.07) is 0. The molecule has 6 nitrogen and oxygen atoms in total. The molecule has 94 valence electrons. The smallest absolute Gasteiger partial charge is 0.178 e. The molecule has 2 rings (SSSR count). The van der Waals surface area contributed by atoms with Crippen molar-refractivity contribution in [1.82, 2.24) is 29.7 Å². The lowest BCUT2D eigenvalue weighted by Gasteiger charge is -2.10. The molecule has 18 heavy (non-hydrogen) atoms. The van der Waals surface area contributed by atoms with Crippen LogP contribution in [0.25, 0.3) is 0 Å². The zero-order valence-electron chi connectivity index (χ0n) is 9.48. The molecular formula is C10H12N6S2. The molecule has 0 aliphatic rings. The molecule has 0 aliphatic heterocycles. The van der Waals surface area contributed by atoms with Gasteiger partial charge >= 0.3 is 0 Å². The Kier molecular flexibility index (Phi) is 4.37. The van der Waals surface area contributed by atoms with E-state index in [0.29, 0.717) is 23.3 Å². The quantitative estimate of drug-likeness (QED) is 0.620. The van der Waals surface area contributed by atoms with Crippen molar-refractivity contribution < 1.29 is 0 Å². The van der Waals surface area contributed by atoms with Gasteiger partial charge in [0.2, 0.25) is 0 Å². The van der Waals surface area contributed by atoms with E-state index < -0.39 is 0 Å². The third kappa shape index (κ3) is 3.34. The standard InChI is InChI=1S/C10H12N6S2/c17-9(15-5-3-11-7-15)13-1-2-14-10(18)16-6-4-12-8-16/h3-8H,1-2H2,(H,13,17)(H,14,18). The number of aromatic nitrogens is 4. The van der Waals surface area contributed by atoms with E-state index >= 15 is 0 Å². The molecule has 0 bridgehead atoms. The summed E-state index contributed by atoms with van der Waals surface area (Å²) in [6.45, 7) is 1.34. The molecule has 0 saturated carbocycles. The Morgan fingerprint density at radius 2 is 1.33 bits per heavy atom. The number of hydrogen-bond acceptors (Lipinski definition) is 4. The highest BCUT2D eigenvalue weighted by molar-refractivity contribution is 7.80. The first-order valence-electron chi connectivity index (χ1n) is 5.29. The average molecular weight is 280 g/mol. The van der Waals surface area contributed by atoms with Gasteiger partial charge in [-0.05, 0) is 24.4 Å². The maximum absolute atomic E-state index is 5.17. The van der Waals surface area contributed by atoms with Crippen molar-refractivity contribution in [3.63, 3.8) is 0 Å². The minimum atomic E-state index is 0.614. The number of imidazole rings is 2. The Balaban J connectivity index is 1.67. The summed E-state index contributed by atoms with van der Waals surface area (Å²) in [5, 5.41) is 7.41. The third-order valence-corrected chi connectivity index (χ3v) is 2.87. The largest absolute Gasteiger partial charge is 0.360 e. The fourth-order valence-corrected chi connectivity index (χ4v) is 1.70. The molecule has 0 unspecified atom stereocenters. The molecule has 0 saturated heterocycles. The SMILES string of the molecule is S=C(NCCNC(=S)n1ccnc1)n1ccnc1. The number of rotatable bonds is 3. The average Bonchev–Trinajstić information content (AvgIpc) is 3.05. The summed E-state index contributed by atoms with van der Waals surface area (Å²) in [5.41, 5.74) is 0. The highest BCUT2D eigenvalue weighted by atomic mass is 32.1. The fourth-order valence-electron chi connectivity index (χ4n) is 1.28. The third-order valence-electron chi connectivity index (χ3n) is 2.16. The Morgan fingerprint density at radius 3 is 1.67 bits per heavy atom. The van der Waals surface area contributed by atoms with Crippen molar-refractivity contribution in [2.75, 3.05) is 13.1 Å². The van der Waals surface area contributed by atoms with Crippen LogP contribution in [0.2, 0.25) is 0 Å². The van der Waals surface area contributed by atoms with Crippen LogP contribution in [0.15, 0.2) is 37.4 Å². The topological polar surface area (TPSA) is 59.7 Å². The van der Waals surface area contributed by atoms with Crippen LogP contribution in [-0.2, 0) is 0 Å². The van der Waals surface area contributed by atoms with Crippen molar-refractivity contribution in [2.24, 2.45) is 0 Å². The van der Waals surface area contributed by atoms with Crippen LogP contribution < -0.4 is 10.6 Å². The van der Waals surface area contributed by atoms with Gasteiger partial charge in [0.15, 0.2) is 10.2 Å². The zero-order valence-corrected chi connectivity index (χ0v) is 11.1. The van der Waals surface area contributed by atoms with Crippen molar-refractivity contribution in [3.05, 3.63) is 37.4 Å². The Bertz CT molecular complexity index is 456. The van der Waals surface area contributed by atoms with Crippen LogP contribution in [0, 0.1) is 0 Å². The van der Waals surface area contributed by atoms with E-state index in [0.717, 1.165) is 0 Å². The van der Waals surface area contributed by atoms with Crippen molar-refractivity contribution >= 4 is 34.7 Å². The predicted octanol–water partition coefficient (Wildman–Crippen LogP) is 0.225. The van der Waals surface area contributed by atoms with E-state index in [1.54, 1.807) is 46.6 Å². The first-order valence-corrected chi connectivity index (χ1v) is 6.11. The maximum Gasteiger partial charge on any atom is 0.178 e. The van der Waals surface area contributed by atoms with Gasteiger partial charge in [-0.1, -0.05) is 0 Å². The minimum Gasteiger partial charge on any atom is -0.360 e. The van der Waals surface area contributed by atoms with E-state index in [9.17, 15) is 0 Å². The molecular weight excluding hydrogens is 268 g/mol. The summed E-state index contributed by atoms with van der Waals surface area (Å²) in [7, 11) is 0. The van der Waals surface area contributed by atoms with Crippen molar-refractivity contribution in [1.29, 1.82) is 0 Å². The predicted molar refractivity (Wildman–Crippen MR) is 76.5 cm³/mol. The second-order valence-corrected chi connectivity index (χ2v) is 4.18. The first-order chi connectivity index (χ1) is 8.77. The molecule has 0 amide bonds. The molecule has 0 aromatic carbocycles. The summed E-state index contributed by atoms with van der Waals surface area (Å²) < 4.78 is 3.48. The van der Waals surface area contributed by atoms with E-state index in [1.165, 1.54) is 0 Å². The minimum absolute atomic E-state index is 0.614. The molecule has 8 heteroatoms. The second-order valence-electron chi connectivity index (χ2n) is 3.40.